The van der Waals surface area contributed by atoms with Crippen LogP contribution >= 0.6 is 0 Å². The van der Waals surface area contributed by atoms with Crippen LogP contribution in [0.4, 0.5) is 8.78 Å². The van der Waals surface area contributed by atoms with Gasteiger partial charge in [0.05, 0.1) is 6.04 Å². The highest BCUT2D eigenvalue weighted by molar-refractivity contribution is 4.82. The van der Waals surface area contributed by atoms with E-state index in [0.717, 1.165) is 6.54 Å². The third kappa shape index (κ3) is 1.88. The predicted octanol–water partition coefficient (Wildman–Crippen LogP) is 0.201. The Morgan fingerprint density at radius 1 is 1.40 bits per heavy atom. The van der Waals surface area contributed by atoms with Gasteiger partial charge in [0.25, 0.3) is 6.43 Å². The molecule has 0 saturated carbocycles. The van der Waals surface area contributed by atoms with Crippen LogP contribution in [0.25, 0.3) is 0 Å². The van der Waals surface area contributed by atoms with Crippen molar-refractivity contribution in [3.05, 3.63) is 0 Å². The van der Waals surface area contributed by atoms with Gasteiger partial charge >= 0.3 is 0 Å². The average molecular weight is 150 g/mol. The normalized spacial score (nSPS) is 34.8. The zero-order chi connectivity index (χ0) is 7.56. The molecule has 1 saturated heterocycles. The van der Waals surface area contributed by atoms with Crippen molar-refractivity contribution in [2.24, 2.45) is 0 Å². The van der Waals surface area contributed by atoms with Gasteiger partial charge in [0, 0.05) is 19.1 Å². The number of rotatable bonds is 1. The second-order valence-electron chi connectivity index (χ2n) is 2.67. The van der Waals surface area contributed by atoms with E-state index in [0.29, 0.717) is 6.54 Å². The van der Waals surface area contributed by atoms with Gasteiger partial charge < -0.3 is 10.6 Å². The second-order valence-corrected chi connectivity index (χ2v) is 2.67. The van der Waals surface area contributed by atoms with Crippen LogP contribution < -0.4 is 10.6 Å². The van der Waals surface area contributed by atoms with Gasteiger partial charge in [0.2, 0.25) is 0 Å². The van der Waals surface area contributed by atoms with Gasteiger partial charge in [-0.25, -0.2) is 8.78 Å². The molecular weight excluding hydrogens is 138 g/mol. The van der Waals surface area contributed by atoms with Crippen molar-refractivity contribution in [1.82, 2.24) is 10.6 Å². The largest absolute Gasteiger partial charge is 0.313 e. The van der Waals surface area contributed by atoms with Crippen molar-refractivity contribution >= 4 is 0 Å². The monoisotopic (exact) mass is 150 g/mol. The molecule has 2 atom stereocenters. The van der Waals surface area contributed by atoms with Gasteiger partial charge in [0.1, 0.15) is 0 Å². The second kappa shape index (κ2) is 3.25. The lowest BCUT2D eigenvalue weighted by molar-refractivity contribution is 0.0828. The summed E-state index contributed by atoms with van der Waals surface area (Å²) in [6.07, 6.45) is -2.25. The first-order chi connectivity index (χ1) is 4.70. The molecule has 0 spiro atoms. The highest BCUT2D eigenvalue weighted by Gasteiger charge is 2.24. The SMILES string of the molecule is C[C@H]1CNC[C@H](C(F)F)N1. The van der Waals surface area contributed by atoms with Gasteiger partial charge in [-0.15, -0.1) is 0 Å². The standard InChI is InChI=1S/C6H12F2N2/c1-4-2-9-3-5(10-4)6(7)8/h4-6,9-10H,2-3H2,1H3/t4-,5+/m0/s1. The molecule has 0 amide bonds. The zero-order valence-electron chi connectivity index (χ0n) is 5.90. The average Bonchev–Trinajstić information content (AvgIpc) is 1.88. The number of nitrogens with one attached hydrogen (secondary N) is 2. The molecule has 1 fully saturated rings. The maximum absolute atomic E-state index is 12.0. The quantitative estimate of drug-likeness (QED) is 0.558. The summed E-state index contributed by atoms with van der Waals surface area (Å²) in [7, 11) is 0. The molecule has 0 unspecified atom stereocenters. The smallest absolute Gasteiger partial charge is 0.254 e. The van der Waals surface area contributed by atoms with Crippen molar-refractivity contribution in [1.29, 1.82) is 0 Å². The highest BCUT2D eigenvalue weighted by Crippen LogP contribution is 2.03. The summed E-state index contributed by atoms with van der Waals surface area (Å²) in [5.74, 6) is 0. The van der Waals surface area contributed by atoms with Gasteiger partial charge in [-0.2, -0.15) is 0 Å². The Morgan fingerprint density at radius 3 is 2.50 bits per heavy atom. The van der Waals surface area contributed by atoms with E-state index < -0.39 is 12.5 Å². The fourth-order valence-corrected chi connectivity index (χ4v) is 1.10. The maximum atomic E-state index is 12.0. The molecule has 0 aromatic carbocycles. The summed E-state index contributed by atoms with van der Waals surface area (Å²) in [5, 5.41) is 5.73. The lowest BCUT2D eigenvalue weighted by Crippen LogP contribution is -2.56. The van der Waals surface area contributed by atoms with Crippen LogP contribution in [0, 0.1) is 0 Å². The lowest BCUT2D eigenvalue weighted by Gasteiger charge is -2.28. The summed E-state index contributed by atoms with van der Waals surface area (Å²) in [4.78, 5) is 0. The molecule has 1 aliphatic heterocycles. The van der Waals surface area contributed by atoms with Gasteiger partial charge in [0.15, 0.2) is 0 Å². The number of piperazine rings is 1. The third-order valence-corrected chi connectivity index (χ3v) is 1.62. The Balaban J connectivity index is 2.32. The number of alkyl halides is 2. The first kappa shape index (κ1) is 7.88. The van der Waals surface area contributed by atoms with Crippen molar-refractivity contribution in [3.63, 3.8) is 0 Å². The maximum Gasteiger partial charge on any atom is 0.254 e. The molecule has 0 bridgehead atoms. The van der Waals surface area contributed by atoms with Crippen LogP contribution in [0.5, 0.6) is 0 Å². The van der Waals surface area contributed by atoms with E-state index in [1.165, 1.54) is 0 Å². The van der Waals surface area contributed by atoms with E-state index in [1.54, 1.807) is 0 Å². The van der Waals surface area contributed by atoms with Crippen LogP contribution in [-0.2, 0) is 0 Å². The Morgan fingerprint density at radius 2 is 2.10 bits per heavy atom. The third-order valence-electron chi connectivity index (χ3n) is 1.62. The van der Waals surface area contributed by atoms with E-state index in [1.807, 2.05) is 6.92 Å². The molecule has 10 heavy (non-hydrogen) atoms. The minimum absolute atomic E-state index is 0.160. The van der Waals surface area contributed by atoms with Gasteiger partial charge in [-0.05, 0) is 6.92 Å². The molecule has 1 rings (SSSR count). The van der Waals surface area contributed by atoms with E-state index in [2.05, 4.69) is 10.6 Å². The summed E-state index contributed by atoms with van der Waals surface area (Å²) < 4.78 is 24.0. The van der Waals surface area contributed by atoms with Crippen LogP contribution in [0.15, 0.2) is 0 Å². The summed E-state index contributed by atoms with van der Waals surface area (Å²) in [5.41, 5.74) is 0. The molecule has 2 nitrogen and oxygen atoms in total. The minimum atomic E-state index is -2.25. The first-order valence-corrected chi connectivity index (χ1v) is 3.45. The van der Waals surface area contributed by atoms with E-state index in [9.17, 15) is 8.78 Å². The molecule has 1 heterocycles. The fraction of sp³-hybridized carbons (Fsp3) is 1.00. The van der Waals surface area contributed by atoms with Crippen LogP contribution in [0.1, 0.15) is 6.92 Å². The fourth-order valence-electron chi connectivity index (χ4n) is 1.10. The van der Waals surface area contributed by atoms with E-state index >= 15 is 0 Å². The molecule has 0 aromatic rings. The lowest BCUT2D eigenvalue weighted by atomic mass is 10.2. The van der Waals surface area contributed by atoms with Crippen LogP contribution in [0.2, 0.25) is 0 Å². The van der Waals surface area contributed by atoms with Crippen molar-refractivity contribution in [3.8, 4) is 0 Å². The number of hydrogen-bond donors (Lipinski definition) is 2. The molecule has 2 N–H and O–H groups in total. The van der Waals surface area contributed by atoms with Gasteiger partial charge in [-0.3, -0.25) is 0 Å². The molecule has 60 valence electrons. The summed E-state index contributed by atoms with van der Waals surface area (Å²) in [6, 6.07) is -0.503. The van der Waals surface area contributed by atoms with Crippen molar-refractivity contribution in [2.45, 2.75) is 25.4 Å². The molecule has 1 aliphatic rings. The van der Waals surface area contributed by atoms with Gasteiger partial charge in [-0.1, -0.05) is 0 Å². The van der Waals surface area contributed by atoms with E-state index in [-0.39, 0.29) is 6.04 Å². The van der Waals surface area contributed by atoms with Crippen molar-refractivity contribution in [2.75, 3.05) is 13.1 Å². The Bertz CT molecular complexity index is 108. The summed E-state index contributed by atoms with van der Waals surface area (Å²) >= 11 is 0. The van der Waals surface area contributed by atoms with Crippen LogP contribution in [-0.4, -0.2) is 31.6 Å². The molecule has 0 radical (unpaired) electrons. The number of halogens is 2. The van der Waals surface area contributed by atoms with E-state index in [4.69, 9.17) is 0 Å². The zero-order valence-corrected chi connectivity index (χ0v) is 5.90. The Hall–Kier alpha value is -0.220. The Labute approximate surface area is 59.0 Å². The molecule has 0 aromatic heterocycles. The molecule has 4 heteroatoms. The van der Waals surface area contributed by atoms with Crippen LogP contribution in [0.3, 0.4) is 0 Å². The highest BCUT2D eigenvalue weighted by atomic mass is 19.3. The Kier molecular flexibility index (Phi) is 2.56. The minimum Gasteiger partial charge on any atom is -0.313 e. The number of hydrogen-bond acceptors (Lipinski definition) is 2. The first-order valence-electron chi connectivity index (χ1n) is 3.45. The summed E-state index contributed by atoms with van der Waals surface area (Å²) in [6.45, 7) is 3.05. The van der Waals surface area contributed by atoms with Crippen molar-refractivity contribution < 1.29 is 8.78 Å². The molecule has 0 aliphatic carbocycles. The topological polar surface area (TPSA) is 24.1 Å². The predicted molar refractivity (Wildman–Crippen MR) is 35.3 cm³/mol. The molecular formula is C6H12F2N2.